The molecule has 0 radical (unpaired) electrons. The van der Waals surface area contributed by atoms with E-state index in [1.165, 1.54) is 17.7 Å². The van der Waals surface area contributed by atoms with Crippen LogP contribution in [0.15, 0.2) is 48.5 Å². The molecule has 1 aliphatic heterocycles. The van der Waals surface area contributed by atoms with Crippen LogP contribution in [-0.2, 0) is 6.42 Å². The minimum Gasteiger partial charge on any atom is -0.371 e. The third kappa shape index (κ3) is 4.72. The lowest BCUT2D eigenvalue weighted by Gasteiger charge is -2.19. The van der Waals surface area contributed by atoms with Crippen LogP contribution in [0.5, 0.6) is 0 Å². The number of nitrogens with zero attached hydrogens (tertiary/aromatic N) is 1. The molecule has 2 amide bonds. The predicted molar refractivity (Wildman–Crippen MR) is 99.6 cm³/mol. The molecule has 2 N–H and O–H groups in total. The normalized spacial score (nSPS) is 16.7. The third-order valence-corrected chi connectivity index (χ3v) is 4.65. The van der Waals surface area contributed by atoms with E-state index < -0.39 is 0 Å². The average Bonchev–Trinajstić information content (AvgIpc) is 3.10. The summed E-state index contributed by atoms with van der Waals surface area (Å²) in [6.07, 6.45) is 2.00. The molecule has 1 saturated heterocycles. The highest BCUT2D eigenvalue weighted by atomic mass is 19.1. The van der Waals surface area contributed by atoms with Gasteiger partial charge in [-0.2, -0.15) is 0 Å². The Labute approximate surface area is 148 Å². The van der Waals surface area contributed by atoms with Gasteiger partial charge in [0.25, 0.3) is 0 Å². The first-order chi connectivity index (χ1) is 12.1. The van der Waals surface area contributed by atoms with Crippen LogP contribution in [0.2, 0.25) is 0 Å². The smallest absolute Gasteiger partial charge is 0.319 e. The topological polar surface area (TPSA) is 44.4 Å². The van der Waals surface area contributed by atoms with Crippen molar-refractivity contribution < 1.29 is 9.18 Å². The fraction of sp³-hybridized carbons (Fsp3) is 0.350. The second-order valence-corrected chi connectivity index (χ2v) is 6.46. The van der Waals surface area contributed by atoms with Gasteiger partial charge in [0.15, 0.2) is 0 Å². The number of anilines is 2. The lowest BCUT2D eigenvalue weighted by atomic mass is 10.1. The molecule has 0 aromatic heterocycles. The van der Waals surface area contributed by atoms with E-state index in [0.29, 0.717) is 12.5 Å². The summed E-state index contributed by atoms with van der Waals surface area (Å²) in [7, 11) is 0. The number of aryl methyl sites for hydroxylation is 1. The van der Waals surface area contributed by atoms with Gasteiger partial charge in [-0.05, 0) is 60.7 Å². The van der Waals surface area contributed by atoms with Crippen molar-refractivity contribution in [1.82, 2.24) is 5.32 Å². The summed E-state index contributed by atoms with van der Waals surface area (Å²) in [4.78, 5) is 14.3. The Morgan fingerprint density at radius 3 is 2.56 bits per heavy atom. The Kier molecular flexibility index (Phi) is 5.53. The molecule has 1 heterocycles. The van der Waals surface area contributed by atoms with Gasteiger partial charge in [-0.1, -0.05) is 19.1 Å². The van der Waals surface area contributed by atoms with Gasteiger partial charge in [0.2, 0.25) is 0 Å². The van der Waals surface area contributed by atoms with E-state index in [1.807, 2.05) is 24.3 Å². The molecule has 0 spiro atoms. The van der Waals surface area contributed by atoms with E-state index in [-0.39, 0.29) is 11.8 Å². The Balaban J connectivity index is 1.44. The van der Waals surface area contributed by atoms with E-state index in [1.54, 1.807) is 12.1 Å². The maximum absolute atomic E-state index is 13.0. The lowest BCUT2D eigenvalue weighted by molar-refractivity contribution is 0.250. The van der Waals surface area contributed by atoms with E-state index in [4.69, 9.17) is 0 Å². The number of carbonyl (C=O) groups excluding carboxylic acids is 1. The highest BCUT2D eigenvalue weighted by Gasteiger charge is 2.23. The number of benzene rings is 2. The summed E-state index contributed by atoms with van der Waals surface area (Å²) < 4.78 is 13.0. The highest BCUT2D eigenvalue weighted by Crippen LogP contribution is 2.23. The lowest BCUT2D eigenvalue weighted by Crippen LogP contribution is -2.34. The minimum atomic E-state index is -0.218. The minimum absolute atomic E-state index is 0.176. The Hall–Kier alpha value is -2.56. The van der Waals surface area contributed by atoms with Crippen LogP contribution in [0.1, 0.15) is 18.9 Å². The molecule has 2 aromatic carbocycles. The summed E-state index contributed by atoms with van der Waals surface area (Å²) in [6.45, 7) is 4.54. The van der Waals surface area contributed by atoms with Crippen LogP contribution < -0.4 is 15.5 Å². The Morgan fingerprint density at radius 2 is 1.88 bits per heavy atom. The molecule has 1 aliphatic rings. The number of halogens is 1. The van der Waals surface area contributed by atoms with Crippen molar-refractivity contribution in [3.63, 3.8) is 0 Å². The fourth-order valence-corrected chi connectivity index (χ4v) is 3.12. The van der Waals surface area contributed by atoms with Crippen molar-refractivity contribution in [2.75, 3.05) is 29.9 Å². The van der Waals surface area contributed by atoms with Gasteiger partial charge in [0, 0.05) is 31.0 Å². The number of carbonyl (C=O) groups is 1. The van der Waals surface area contributed by atoms with Crippen molar-refractivity contribution in [1.29, 1.82) is 0 Å². The number of urea groups is 1. The molecule has 0 saturated carbocycles. The maximum Gasteiger partial charge on any atom is 0.319 e. The molecule has 5 heteroatoms. The van der Waals surface area contributed by atoms with Crippen molar-refractivity contribution in [3.05, 3.63) is 59.9 Å². The van der Waals surface area contributed by atoms with Crippen LogP contribution >= 0.6 is 0 Å². The zero-order valence-electron chi connectivity index (χ0n) is 14.5. The zero-order chi connectivity index (χ0) is 17.6. The summed E-state index contributed by atoms with van der Waals surface area (Å²) >= 11 is 0. The van der Waals surface area contributed by atoms with Gasteiger partial charge < -0.3 is 15.5 Å². The van der Waals surface area contributed by atoms with Crippen molar-refractivity contribution in [2.45, 2.75) is 19.8 Å². The summed E-state index contributed by atoms with van der Waals surface area (Å²) in [6, 6.07) is 14.3. The van der Waals surface area contributed by atoms with Crippen molar-refractivity contribution in [2.24, 2.45) is 5.92 Å². The number of nitrogens with one attached hydrogen (secondary N) is 2. The molecule has 132 valence electrons. The van der Waals surface area contributed by atoms with Gasteiger partial charge in [-0.25, -0.2) is 9.18 Å². The average molecular weight is 341 g/mol. The van der Waals surface area contributed by atoms with E-state index in [9.17, 15) is 9.18 Å². The molecule has 1 atom stereocenters. The van der Waals surface area contributed by atoms with Gasteiger partial charge in [0.1, 0.15) is 5.82 Å². The molecule has 1 fully saturated rings. The van der Waals surface area contributed by atoms with E-state index in [2.05, 4.69) is 22.5 Å². The van der Waals surface area contributed by atoms with Crippen LogP contribution in [0.4, 0.5) is 20.6 Å². The number of rotatable bonds is 5. The number of hydrogen-bond donors (Lipinski definition) is 2. The Bertz CT molecular complexity index is 700. The largest absolute Gasteiger partial charge is 0.371 e. The summed E-state index contributed by atoms with van der Waals surface area (Å²) in [5.74, 6) is 0.183. The SMILES string of the molecule is CCc1ccc(NC(=O)NCC2CCN(c3ccc(F)cc3)C2)cc1. The predicted octanol–water partition coefficient (Wildman–Crippen LogP) is 4.04. The van der Waals surface area contributed by atoms with Gasteiger partial charge in [0.05, 0.1) is 0 Å². The van der Waals surface area contributed by atoms with E-state index >= 15 is 0 Å². The first-order valence-corrected chi connectivity index (χ1v) is 8.78. The van der Waals surface area contributed by atoms with Crippen LogP contribution in [0.25, 0.3) is 0 Å². The first kappa shape index (κ1) is 17.3. The maximum atomic E-state index is 13.0. The third-order valence-electron chi connectivity index (χ3n) is 4.65. The fourth-order valence-electron chi connectivity index (χ4n) is 3.12. The first-order valence-electron chi connectivity index (χ1n) is 8.78. The van der Waals surface area contributed by atoms with Crippen molar-refractivity contribution in [3.8, 4) is 0 Å². The summed E-state index contributed by atoms with van der Waals surface area (Å²) in [5.41, 5.74) is 3.08. The summed E-state index contributed by atoms with van der Waals surface area (Å²) in [5, 5.41) is 5.81. The standard InChI is InChI=1S/C20H24FN3O/c1-2-15-3-7-18(8-4-15)23-20(25)22-13-16-11-12-24(14-16)19-9-5-17(21)6-10-19/h3-10,16H,2,11-14H2,1H3,(H2,22,23,25). The van der Waals surface area contributed by atoms with E-state index in [0.717, 1.165) is 37.3 Å². The molecule has 2 aromatic rings. The van der Waals surface area contributed by atoms with Crippen LogP contribution in [-0.4, -0.2) is 25.7 Å². The molecule has 25 heavy (non-hydrogen) atoms. The molecule has 0 aliphatic carbocycles. The molecular weight excluding hydrogens is 317 g/mol. The molecular formula is C20H24FN3O. The van der Waals surface area contributed by atoms with Crippen molar-refractivity contribution >= 4 is 17.4 Å². The molecule has 0 bridgehead atoms. The van der Waals surface area contributed by atoms with Crippen LogP contribution in [0, 0.1) is 11.7 Å². The molecule has 1 unspecified atom stereocenters. The van der Waals surface area contributed by atoms with Crippen LogP contribution in [0.3, 0.4) is 0 Å². The molecule has 4 nitrogen and oxygen atoms in total. The molecule has 3 rings (SSSR count). The second-order valence-electron chi connectivity index (χ2n) is 6.46. The highest BCUT2D eigenvalue weighted by molar-refractivity contribution is 5.89. The number of amides is 2. The Morgan fingerprint density at radius 1 is 1.16 bits per heavy atom. The van der Waals surface area contributed by atoms with Gasteiger partial charge in [-0.3, -0.25) is 0 Å². The number of hydrogen-bond acceptors (Lipinski definition) is 2. The zero-order valence-corrected chi connectivity index (χ0v) is 14.5. The van der Waals surface area contributed by atoms with Gasteiger partial charge in [-0.15, -0.1) is 0 Å². The van der Waals surface area contributed by atoms with Gasteiger partial charge >= 0.3 is 6.03 Å². The quantitative estimate of drug-likeness (QED) is 0.862. The second kappa shape index (κ2) is 8.01. The monoisotopic (exact) mass is 341 g/mol.